The Morgan fingerprint density at radius 1 is 0.963 bits per heavy atom. The molecule has 0 spiro atoms. The lowest BCUT2D eigenvalue weighted by molar-refractivity contribution is 0.228. The van der Waals surface area contributed by atoms with Gasteiger partial charge in [-0.3, -0.25) is 0 Å². The summed E-state index contributed by atoms with van der Waals surface area (Å²) in [6.07, 6.45) is 5.09. The highest BCUT2D eigenvalue weighted by molar-refractivity contribution is 5.93. The van der Waals surface area contributed by atoms with Crippen LogP contribution in [0.4, 0.5) is 10.1 Å². The monoisotopic (exact) mass is 363 g/mol. The van der Waals surface area contributed by atoms with Crippen molar-refractivity contribution in [2.75, 3.05) is 31.5 Å². The average molecular weight is 363 g/mol. The topological polar surface area (TPSA) is 28.2 Å². The van der Waals surface area contributed by atoms with Crippen LogP contribution in [0.2, 0.25) is 0 Å². The van der Waals surface area contributed by atoms with Crippen LogP contribution in [0.15, 0.2) is 54.6 Å². The number of nitrogens with zero attached hydrogens (tertiary/aromatic N) is 2. The number of rotatable bonds is 6. The molecule has 0 unspecified atom stereocenters. The average Bonchev–Trinajstić information content (AvgIpc) is 2.72. The van der Waals surface area contributed by atoms with Crippen molar-refractivity contribution in [3.63, 3.8) is 0 Å². The van der Waals surface area contributed by atoms with Crippen LogP contribution in [-0.2, 0) is 0 Å². The Labute approximate surface area is 160 Å². The molecule has 2 heterocycles. The van der Waals surface area contributed by atoms with E-state index in [0.717, 1.165) is 47.4 Å². The Bertz CT molecular complexity index is 889. The number of benzene rings is 2. The van der Waals surface area contributed by atoms with E-state index < -0.39 is 0 Å². The zero-order valence-corrected chi connectivity index (χ0v) is 15.6. The van der Waals surface area contributed by atoms with E-state index in [0.29, 0.717) is 0 Å². The number of nitrogens with one attached hydrogen (secondary N) is 1. The summed E-state index contributed by atoms with van der Waals surface area (Å²) in [5, 5.41) is 4.37. The first kappa shape index (κ1) is 17.9. The van der Waals surface area contributed by atoms with Gasteiger partial charge in [-0.25, -0.2) is 9.37 Å². The molecule has 0 amide bonds. The van der Waals surface area contributed by atoms with E-state index in [1.165, 1.54) is 38.4 Å². The second kappa shape index (κ2) is 8.49. The normalized spacial score (nSPS) is 15.1. The molecule has 27 heavy (non-hydrogen) atoms. The van der Waals surface area contributed by atoms with Gasteiger partial charge in [-0.05, 0) is 63.2 Å². The fraction of sp³-hybridized carbons (Fsp3) is 0.348. The molecule has 1 aliphatic rings. The maximum Gasteiger partial charge on any atom is 0.124 e. The molecule has 1 saturated heterocycles. The molecule has 3 nitrogen and oxygen atoms in total. The summed E-state index contributed by atoms with van der Waals surface area (Å²) in [4.78, 5) is 7.28. The number of piperidine rings is 1. The van der Waals surface area contributed by atoms with E-state index in [1.54, 1.807) is 12.1 Å². The number of likely N-dealkylation sites (tertiary alicyclic amines) is 1. The van der Waals surface area contributed by atoms with Gasteiger partial charge in [0.05, 0.1) is 11.2 Å². The number of aromatic nitrogens is 1. The molecule has 140 valence electrons. The molecule has 1 aromatic heterocycles. The Hall–Kier alpha value is -2.46. The first-order chi connectivity index (χ1) is 13.3. The van der Waals surface area contributed by atoms with Gasteiger partial charge in [0.2, 0.25) is 0 Å². The number of hydrogen-bond donors (Lipinski definition) is 1. The van der Waals surface area contributed by atoms with Crippen molar-refractivity contribution < 1.29 is 4.39 Å². The molecule has 0 bridgehead atoms. The third-order valence-electron chi connectivity index (χ3n) is 5.26. The summed E-state index contributed by atoms with van der Waals surface area (Å²) in [6, 6.07) is 17.0. The van der Waals surface area contributed by atoms with Crippen LogP contribution in [0.3, 0.4) is 0 Å². The van der Waals surface area contributed by atoms with E-state index in [2.05, 4.69) is 22.3 Å². The van der Waals surface area contributed by atoms with E-state index in [4.69, 9.17) is 4.98 Å². The van der Waals surface area contributed by atoms with Crippen molar-refractivity contribution in [3.05, 3.63) is 60.4 Å². The van der Waals surface area contributed by atoms with E-state index in [9.17, 15) is 4.39 Å². The smallest absolute Gasteiger partial charge is 0.124 e. The van der Waals surface area contributed by atoms with Crippen LogP contribution in [0.1, 0.15) is 25.7 Å². The molecule has 0 aliphatic carbocycles. The maximum absolute atomic E-state index is 13.8. The predicted octanol–water partition coefficient (Wildman–Crippen LogP) is 5.33. The molecule has 3 aromatic rings. The van der Waals surface area contributed by atoms with Gasteiger partial charge in [0, 0.05) is 23.2 Å². The largest absolute Gasteiger partial charge is 0.384 e. The molecule has 0 atom stereocenters. The first-order valence-corrected chi connectivity index (χ1v) is 9.91. The van der Waals surface area contributed by atoms with Crippen LogP contribution in [-0.4, -0.2) is 36.1 Å². The SMILES string of the molecule is Fc1ccc2nc(-c3ccccc3)cc(NCCCN3CCCCC3)c2c1. The molecular weight excluding hydrogens is 337 g/mol. The van der Waals surface area contributed by atoms with Crippen molar-refractivity contribution in [1.29, 1.82) is 0 Å². The fourth-order valence-corrected chi connectivity index (χ4v) is 3.81. The Morgan fingerprint density at radius 3 is 2.59 bits per heavy atom. The minimum atomic E-state index is -0.229. The lowest BCUT2D eigenvalue weighted by atomic mass is 10.1. The molecule has 1 N–H and O–H groups in total. The van der Waals surface area contributed by atoms with Gasteiger partial charge in [0.15, 0.2) is 0 Å². The zero-order valence-electron chi connectivity index (χ0n) is 15.6. The predicted molar refractivity (Wildman–Crippen MR) is 111 cm³/mol. The molecule has 0 radical (unpaired) electrons. The maximum atomic E-state index is 13.8. The van der Waals surface area contributed by atoms with E-state index in [-0.39, 0.29) is 5.82 Å². The van der Waals surface area contributed by atoms with Crippen molar-refractivity contribution in [1.82, 2.24) is 9.88 Å². The van der Waals surface area contributed by atoms with Gasteiger partial charge in [0.25, 0.3) is 0 Å². The Morgan fingerprint density at radius 2 is 1.78 bits per heavy atom. The van der Waals surface area contributed by atoms with Gasteiger partial charge in [-0.15, -0.1) is 0 Å². The number of anilines is 1. The first-order valence-electron chi connectivity index (χ1n) is 9.91. The second-order valence-corrected chi connectivity index (χ2v) is 7.27. The molecule has 1 aliphatic heterocycles. The fourth-order valence-electron chi connectivity index (χ4n) is 3.81. The summed E-state index contributed by atoms with van der Waals surface area (Å²) in [6.45, 7) is 4.44. The van der Waals surface area contributed by atoms with Crippen LogP contribution < -0.4 is 5.32 Å². The highest BCUT2D eigenvalue weighted by Gasteiger charge is 2.11. The van der Waals surface area contributed by atoms with Crippen molar-refractivity contribution >= 4 is 16.6 Å². The molecule has 1 fully saturated rings. The summed E-state index contributed by atoms with van der Waals surface area (Å²) in [5.74, 6) is -0.229. The summed E-state index contributed by atoms with van der Waals surface area (Å²) in [5.41, 5.74) is 3.75. The molecule has 2 aromatic carbocycles. The Balaban J connectivity index is 1.53. The van der Waals surface area contributed by atoms with Gasteiger partial charge in [-0.2, -0.15) is 0 Å². The second-order valence-electron chi connectivity index (χ2n) is 7.27. The summed E-state index contributed by atoms with van der Waals surface area (Å²) < 4.78 is 13.8. The lowest BCUT2D eigenvalue weighted by Gasteiger charge is -2.26. The van der Waals surface area contributed by atoms with Gasteiger partial charge < -0.3 is 10.2 Å². The van der Waals surface area contributed by atoms with Crippen LogP contribution in [0.5, 0.6) is 0 Å². The van der Waals surface area contributed by atoms with Crippen molar-refractivity contribution in [2.24, 2.45) is 0 Å². The Kier molecular flexibility index (Phi) is 5.64. The minimum absolute atomic E-state index is 0.229. The van der Waals surface area contributed by atoms with Gasteiger partial charge in [-0.1, -0.05) is 36.8 Å². The highest BCUT2D eigenvalue weighted by atomic mass is 19.1. The highest BCUT2D eigenvalue weighted by Crippen LogP contribution is 2.29. The molecular formula is C23H26FN3. The number of pyridine rings is 1. The van der Waals surface area contributed by atoms with Crippen molar-refractivity contribution in [2.45, 2.75) is 25.7 Å². The number of fused-ring (bicyclic) bond motifs is 1. The van der Waals surface area contributed by atoms with Crippen LogP contribution >= 0.6 is 0 Å². The standard InChI is InChI=1S/C23H26FN3/c24-19-10-11-21-20(16-19)23(17-22(26-21)18-8-3-1-4-9-18)25-12-7-15-27-13-5-2-6-14-27/h1,3-4,8-11,16-17H,2,5-7,12-15H2,(H,25,26). The van der Waals surface area contributed by atoms with Gasteiger partial charge >= 0.3 is 0 Å². The minimum Gasteiger partial charge on any atom is -0.384 e. The van der Waals surface area contributed by atoms with Crippen molar-refractivity contribution in [3.8, 4) is 11.3 Å². The van der Waals surface area contributed by atoms with Crippen LogP contribution in [0, 0.1) is 5.82 Å². The quantitative estimate of drug-likeness (QED) is 0.600. The summed E-state index contributed by atoms with van der Waals surface area (Å²) in [7, 11) is 0. The molecule has 4 heteroatoms. The third kappa shape index (κ3) is 4.45. The third-order valence-corrected chi connectivity index (χ3v) is 5.26. The summed E-state index contributed by atoms with van der Waals surface area (Å²) >= 11 is 0. The van der Waals surface area contributed by atoms with Crippen LogP contribution in [0.25, 0.3) is 22.2 Å². The van der Waals surface area contributed by atoms with Gasteiger partial charge in [0.1, 0.15) is 5.82 Å². The number of hydrogen-bond acceptors (Lipinski definition) is 3. The van der Waals surface area contributed by atoms with E-state index >= 15 is 0 Å². The number of halogens is 1. The molecule has 0 saturated carbocycles. The molecule has 4 rings (SSSR count). The van der Waals surface area contributed by atoms with E-state index in [1.807, 2.05) is 24.3 Å². The zero-order chi connectivity index (χ0) is 18.5. The lowest BCUT2D eigenvalue weighted by Crippen LogP contribution is -2.31.